The van der Waals surface area contributed by atoms with Gasteiger partial charge < -0.3 is 20.7 Å². The number of carbonyl (C=O) groups is 2. The first-order chi connectivity index (χ1) is 20.2. The van der Waals surface area contributed by atoms with Crippen molar-refractivity contribution in [2.75, 3.05) is 25.9 Å². The van der Waals surface area contributed by atoms with Gasteiger partial charge in [0.2, 0.25) is 5.91 Å². The van der Waals surface area contributed by atoms with E-state index in [0.717, 1.165) is 19.5 Å². The molecule has 0 aliphatic carbocycles. The average Bonchev–Trinajstić information content (AvgIpc) is 3.47. The number of nitrogens with zero attached hydrogens (tertiary/aromatic N) is 4. The molecule has 0 spiro atoms. The highest BCUT2D eigenvalue weighted by Gasteiger charge is 2.57. The molecule has 0 unspecified atom stereocenters. The third kappa shape index (κ3) is 6.28. The van der Waals surface area contributed by atoms with E-state index >= 15 is 4.39 Å². The van der Waals surface area contributed by atoms with Crippen LogP contribution < -0.4 is 15.8 Å². The van der Waals surface area contributed by atoms with Gasteiger partial charge in [0.15, 0.2) is 11.7 Å². The molecule has 3 N–H and O–H groups in total. The van der Waals surface area contributed by atoms with Crippen LogP contribution >= 0.6 is 0 Å². The van der Waals surface area contributed by atoms with Gasteiger partial charge in [-0.15, -0.1) is 0 Å². The number of methoxy groups -OCH3 is 1. The minimum absolute atomic E-state index is 0.378. The summed E-state index contributed by atoms with van der Waals surface area (Å²) in [5.74, 6) is -9.16. The van der Waals surface area contributed by atoms with Gasteiger partial charge in [-0.05, 0) is 12.1 Å². The molecule has 0 radical (unpaired) electrons. The number of carbonyl (C=O) groups excluding carboxylic acids is 2. The fourth-order valence-electron chi connectivity index (χ4n) is 4.64. The summed E-state index contributed by atoms with van der Waals surface area (Å²) in [6, 6.07) is 0.248. The van der Waals surface area contributed by atoms with E-state index in [2.05, 4.69) is 15.4 Å². The van der Waals surface area contributed by atoms with E-state index in [0.29, 0.717) is 21.5 Å². The summed E-state index contributed by atoms with van der Waals surface area (Å²) in [6.07, 6.45) is -20.0. The predicted octanol–water partition coefficient (Wildman–Crippen LogP) is 4.55. The number of alkyl halides is 10. The number of nitrogen functional groups attached to an aromatic ring is 1. The predicted molar refractivity (Wildman–Crippen MR) is 127 cm³/mol. The highest BCUT2D eigenvalue weighted by molar-refractivity contribution is 5.98. The third-order valence-electron chi connectivity index (χ3n) is 6.78. The second-order valence-corrected chi connectivity index (χ2v) is 9.61. The highest BCUT2D eigenvalue weighted by Crippen LogP contribution is 2.42. The van der Waals surface area contributed by atoms with Crippen molar-refractivity contribution < 1.29 is 62.6 Å². The van der Waals surface area contributed by atoms with E-state index in [1.54, 1.807) is 0 Å². The Morgan fingerprint density at radius 2 is 1.70 bits per heavy atom. The molecule has 4 rings (SSSR count). The van der Waals surface area contributed by atoms with E-state index in [4.69, 9.17) is 10.5 Å². The number of fused-ring (bicyclic) bond motifs is 1. The molecule has 3 aromatic rings. The van der Waals surface area contributed by atoms with Crippen molar-refractivity contribution >= 4 is 23.1 Å². The molecule has 3 heterocycles. The maximum Gasteiger partial charge on any atom is 0.418 e. The molecular weight excluding hydrogens is 629 g/mol. The number of nitrogens with one attached hydrogen (secondary N) is 1. The van der Waals surface area contributed by atoms with Crippen molar-refractivity contribution in [2.24, 2.45) is 5.92 Å². The molecule has 1 aliphatic rings. The minimum Gasteiger partial charge on any atom is -0.496 e. The minimum atomic E-state index is -5.81. The molecule has 1 saturated heterocycles. The van der Waals surface area contributed by atoms with Crippen LogP contribution in [-0.2, 0) is 11.0 Å². The number of likely N-dealkylation sites (tertiary alicyclic amines) is 1. The molecule has 1 fully saturated rings. The van der Waals surface area contributed by atoms with Gasteiger partial charge in [0.05, 0.1) is 36.5 Å². The van der Waals surface area contributed by atoms with E-state index in [1.807, 2.05) is 0 Å². The summed E-state index contributed by atoms with van der Waals surface area (Å²) in [5, 5.41) is 5.78. The molecule has 0 saturated carbocycles. The van der Waals surface area contributed by atoms with Gasteiger partial charge in [-0.3, -0.25) is 9.59 Å². The number of hydrogen-bond donors (Lipinski definition) is 2. The van der Waals surface area contributed by atoms with Crippen LogP contribution in [0, 0.1) is 11.7 Å². The van der Waals surface area contributed by atoms with Crippen LogP contribution in [0.5, 0.6) is 5.75 Å². The van der Waals surface area contributed by atoms with Gasteiger partial charge in [-0.2, -0.15) is 44.6 Å². The summed E-state index contributed by atoms with van der Waals surface area (Å²) in [5.41, 5.74) is 1.84. The number of nitrogens with two attached hydrogens (primary N) is 1. The SMILES string of the molecule is COc1cc(F)c(-c2cc(C(F)(F)F)c3c(N)ncnn23)cc1C(=O)N[C@@H]1CN(C(=O)CC(C(F)(F)F)C(F)(F)F)C[C@@H]1F. The molecule has 0 bridgehead atoms. The van der Waals surface area contributed by atoms with Gasteiger partial charge in [0.1, 0.15) is 29.6 Å². The number of ether oxygens (including phenoxy) is 1. The maximum atomic E-state index is 15.1. The first-order valence-corrected chi connectivity index (χ1v) is 12.2. The first kappa shape index (κ1) is 32.5. The van der Waals surface area contributed by atoms with E-state index < -0.39 is 113 Å². The van der Waals surface area contributed by atoms with Crippen LogP contribution in [0.3, 0.4) is 0 Å². The number of aromatic nitrogens is 3. The zero-order valence-corrected chi connectivity index (χ0v) is 21.9. The molecule has 44 heavy (non-hydrogen) atoms. The standard InChI is InChI=1S/C24H19F11N6O3/c1-44-16-4-12(25)9(15-3-11(22(27,28)29)19-20(36)37-8-38-41(15)19)2-10(16)21(43)39-14-7-40(6-13(14)26)18(42)5-17(23(30,31)32)24(33,34)35/h2-4,8,13-14,17H,5-7H2,1H3,(H,39,43)(H2,36,37,38)/t13-,14+/m0/s1. The molecule has 2 amide bonds. The fraction of sp³-hybridized carbons (Fsp3) is 0.417. The van der Waals surface area contributed by atoms with E-state index in [-0.39, 0.29) is 0 Å². The van der Waals surface area contributed by atoms with Crippen molar-refractivity contribution in [1.82, 2.24) is 24.8 Å². The summed E-state index contributed by atoms with van der Waals surface area (Å²) < 4.78 is 154. The largest absolute Gasteiger partial charge is 0.496 e. The Morgan fingerprint density at radius 1 is 1.07 bits per heavy atom. The summed E-state index contributed by atoms with van der Waals surface area (Å²) in [7, 11) is 0.999. The van der Waals surface area contributed by atoms with Crippen molar-refractivity contribution in [3.05, 3.63) is 41.5 Å². The quantitative estimate of drug-likeness (QED) is 0.379. The Kier molecular flexibility index (Phi) is 8.33. The van der Waals surface area contributed by atoms with Crippen LogP contribution in [-0.4, -0.2) is 76.1 Å². The van der Waals surface area contributed by atoms with Gasteiger partial charge in [0, 0.05) is 24.6 Å². The van der Waals surface area contributed by atoms with Gasteiger partial charge in [0.25, 0.3) is 5.91 Å². The molecule has 20 heteroatoms. The molecule has 2 aromatic heterocycles. The fourth-order valence-corrected chi connectivity index (χ4v) is 4.64. The highest BCUT2D eigenvalue weighted by atomic mass is 19.4. The zero-order chi connectivity index (χ0) is 32.9. The Hall–Kier alpha value is -4.39. The molecule has 1 aliphatic heterocycles. The van der Waals surface area contributed by atoms with Crippen LogP contribution in [0.25, 0.3) is 16.8 Å². The van der Waals surface area contributed by atoms with E-state index in [9.17, 15) is 53.5 Å². The third-order valence-corrected chi connectivity index (χ3v) is 6.78. The lowest BCUT2D eigenvalue weighted by Crippen LogP contribution is -2.43. The first-order valence-electron chi connectivity index (χ1n) is 12.2. The van der Waals surface area contributed by atoms with Gasteiger partial charge >= 0.3 is 18.5 Å². The lowest BCUT2D eigenvalue weighted by atomic mass is 10.0. The topological polar surface area (TPSA) is 115 Å². The lowest BCUT2D eigenvalue weighted by Gasteiger charge is -2.25. The van der Waals surface area contributed by atoms with Crippen LogP contribution in [0.2, 0.25) is 0 Å². The molecule has 1 aromatic carbocycles. The van der Waals surface area contributed by atoms with Crippen molar-refractivity contribution in [3.63, 3.8) is 0 Å². The van der Waals surface area contributed by atoms with Crippen molar-refractivity contribution in [2.45, 2.75) is 37.2 Å². The molecular formula is C24H19F11N6O3. The number of rotatable bonds is 6. The average molecular weight is 648 g/mol. The number of hydrogen-bond acceptors (Lipinski definition) is 6. The monoisotopic (exact) mass is 648 g/mol. The van der Waals surface area contributed by atoms with Crippen molar-refractivity contribution in [1.29, 1.82) is 0 Å². The van der Waals surface area contributed by atoms with Crippen LogP contribution in [0.4, 0.5) is 54.1 Å². The molecule has 240 valence electrons. The van der Waals surface area contributed by atoms with Crippen molar-refractivity contribution in [3.8, 4) is 17.0 Å². The maximum absolute atomic E-state index is 15.1. The Labute approximate surface area is 238 Å². The number of anilines is 1. The normalized spacial score (nSPS) is 17.9. The Balaban J connectivity index is 1.63. The summed E-state index contributed by atoms with van der Waals surface area (Å²) in [6.45, 7) is -1.77. The molecule has 2 atom stereocenters. The van der Waals surface area contributed by atoms with Gasteiger partial charge in [-0.1, -0.05) is 0 Å². The number of amides is 2. The lowest BCUT2D eigenvalue weighted by molar-refractivity contribution is -0.284. The van der Waals surface area contributed by atoms with Gasteiger partial charge in [-0.25, -0.2) is 18.3 Å². The number of benzene rings is 1. The van der Waals surface area contributed by atoms with Crippen LogP contribution in [0.1, 0.15) is 22.3 Å². The van der Waals surface area contributed by atoms with E-state index in [1.165, 1.54) is 0 Å². The Bertz CT molecular complexity index is 1570. The Morgan fingerprint density at radius 3 is 2.27 bits per heavy atom. The van der Waals surface area contributed by atoms with Crippen LogP contribution in [0.15, 0.2) is 24.5 Å². The smallest absolute Gasteiger partial charge is 0.418 e. The zero-order valence-electron chi connectivity index (χ0n) is 21.9. The second kappa shape index (κ2) is 11.3. The molecule has 9 nitrogen and oxygen atoms in total. The summed E-state index contributed by atoms with van der Waals surface area (Å²) >= 11 is 0. The summed E-state index contributed by atoms with van der Waals surface area (Å²) in [4.78, 5) is 29.2. The second-order valence-electron chi connectivity index (χ2n) is 9.61. The number of halogens is 11.